The van der Waals surface area contributed by atoms with Gasteiger partial charge in [-0.25, -0.2) is 0 Å². The molecule has 186 valence electrons. The summed E-state index contributed by atoms with van der Waals surface area (Å²) in [7, 11) is 4.24. The number of ether oxygens (including phenoxy) is 2. The Kier molecular flexibility index (Phi) is 6.70. The molecule has 2 aromatic rings. The van der Waals surface area contributed by atoms with Crippen molar-refractivity contribution in [2.24, 2.45) is 5.92 Å². The van der Waals surface area contributed by atoms with E-state index in [2.05, 4.69) is 35.2 Å². The normalized spacial score (nSPS) is 23.3. The number of H-pyrrole nitrogens is 1. The van der Waals surface area contributed by atoms with E-state index in [4.69, 9.17) is 15.9 Å². The molecule has 0 bridgehead atoms. The van der Waals surface area contributed by atoms with Gasteiger partial charge < -0.3 is 24.7 Å². The standard InChI is InChI=1S/C28H35N3O4/c1-8-19-14-22(26(32)29-15-23-16(2)13-17(3)30-27(23)33)18(4)24-25(19)35-28(5,34-24)20-9-11-21(12-10-20)31(6)7/h1,13-14,20-21H,9-12,15H2,2-7H3,(H,29,32)(H,30,33)/t20-,21-,28?. The number of aromatic amines is 1. The molecule has 0 spiro atoms. The van der Waals surface area contributed by atoms with Crippen LogP contribution in [0.15, 0.2) is 16.9 Å². The van der Waals surface area contributed by atoms with Crippen molar-refractivity contribution < 1.29 is 14.3 Å². The predicted octanol–water partition coefficient (Wildman–Crippen LogP) is 3.82. The van der Waals surface area contributed by atoms with Gasteiger partial charge in [0.2, 0.25) is 0 Å². The van der Waals surface area contributed by atoms with Crippen LogP contribution in [0.3, 0.4) is 0 Å². The number of hydrogen-bond donors (Lipinski definition) is 2. The fraction of sp³-hybridized carbons (Fsp3) is 0.500. The van der Waals surface area contributed by atoms with Crippen LogP contribution >= 0.6 is 0 Å². The average Bonchev–Trinajstić information content (AvgIpc) is 3.18. The lowest BCUT2D eigenvalue weighted by Gasteiger charge is -2.39. The van der Waals surface area contributed by atoms with Gasteiger partial charge in [-0.1, -0.05) is 5.92 Å². The Balaban J connectivity index is 1.56. The molecule has 1 aliphatic heterocycles. The lowest BCUT2D eigenvalue weighted by molar-refractivity contribution is -0.123. The average molecular weight is 478 g/mol. The Morgan fingerprint density at radius 1 is 1.17 bits per heavy atom. The van der Waals surface area contributed by atoms with Gasteiger partial charge in [-0.2, -0.15) is 0 Å². The van der Waals surface area contributed by atoms with Gasteiger partial charge in [0.25, 0.3) is 17.3 Å². The lowest BCUT2D eigenvalue weighted by Crippen LogP contribution is -2.46. The van der Waals surface area contributed by atoms with Crippen molar-refractivity contribution >= 4 is 5.91 Å². The largest absolute Gasteiger partial charge is 0.448 e. The molecule has 1 aliphatic carbocycles. The zero-order valence-electron chi connectivity index (χ0n) is 21.5. The number of rotatable bonds is 5. The third-order valence-corrected chi connectivity index (χ3v) is 7.58. The van der Waals surface area contributed by atoms with Crippen LogP contribution in [0.2, 0.25) is 0 Å². The first kappa shape index (κ1) is 24.9. The number of aromatic nitrogens is 1. The van der Waals surface area contributed by atoms with E-state index in [-0.39, 0.29) is 23.9 Å². The molecule has 0 saturated heterocycles. The highest BCUT2D eigenvalue weighted by molar-refractivity contribution is 5.97. The van der Waals surface area contributed by atoms with E-state index >= 15 is 0 Å². The Bertz CT molecular complexity index is 1250. The van der Waals surface area contributed by atoms with Gasteiger partial charge in [0.15, 0.2) is 11.5 Å². The Labute approximate surface area is 207 Å². The molecular formula is C28H35N3O4. The number of nitrogens with one attached hydrogen (secondary N) is 2. The van der Waals surface area contributed by atoms with Crippen LogP contribution in [0, 0.1) is 39.0 Å². The minimum absolute atomic E-state index is 0.117. The first-order chi connectivity index (χ1) is 16.5. The number of aryl methyl sites for hydroxylation is 2. The van der Waals surface area contributed by atoms with Crippen molar-refractivity contribution in [2.75, 3.05) is 14.1 Å². The van der Waals surface area contributed by atoms with Gasteiger partial charge in [0.1, 0.15) is 0 Å². The topological polar surface area (TPSA) is 83.7 Å². The quantitative estimate of drug-likeness (QED) is 0.640. The third kappa shape index (κ3) is 4.68. The van der Waals surface area contributed by atoms with Gasteiger partial charge in [0.05, 0.1) is 5.56 Å². The predicted molar refractivity (Wildman–Crippen MR) is 136 cm³/mol. The number of hydrogen-bond acceptors (Lipinski definition) is 5. The first-order valence-electron chi connectivity index (χ1n) is 12.2. The molecule has 7 nitrogen and oxygen atoms in total. The van der Waals surface area contributed by atoms with E-state index in [0.29, 0.717) is 39.8 Å². The molecule has 1 aromatic heterocycles. The van der Waals surface area contributed by atoms with Crippen LogP contribution in [0.4, 0.5) is 0 Å². The summed E-state index contributed by atoms with van der Waals surface area (Å²) in [4.78, 5) is 30.6. The van der Waals surface area contributed by atoms with Gasteiger partial charge >= 0.3 is 0 Å². The second kappa shape index (κ2) is 9.43. The van der Waals surface area contributed by atoms with Crippen LogP contribution in [-0.4, -0.2) is 41.7 Å². The summed E-state index contributed by atoms with van der Waals surface area (Å²) >= 11 is 0. The molecule has 4 rings (SSSR count). The van der Waals surface area contributed by atoms with Crippen molar-refractivity contribution in [3.63, 3.8) is 0 Å². The summed E-state index contributed by atoms with van der Waals surface area (Å²) in [6.45, 7) is 7.62. The SMILES string of the molecule is C#Cc1cc(C(=O)NCc2c(C)cc(C)[nH]c2=O)c(C)c2c1OC(C)([C@H]1CC[C@H](N(C)C)CC1)O2. The number of carbonyl (C=O) groups is 1. The van der Waals surface area contributed by atoms with Crippen LogP contribution in [0.1, 0.15) is 70.9 Å². The summed E-state index contributed by atoms with van der Waals surface area (Å²) in [5, 5.41) is 2.87. The fourth-order valence-electron chi connectivity index (χ4n) is 5.37. The van der Waals surface area contributed by atoms with E-state index in [0.717, 1.165) is 36.9 Å². The highest BCUT2D eigenvalue weighted by atomic mass is 16.7. The third-order valence-electron chi connectivity index (χ3n) is 7.58. The molecule has 7 heteroatoms. The van der Waals surface area contributed by atoms with Crippen molar-refractivity contribution in [3.05, 3.63) is 56.0 Å². The number of nitrogens with zero attached hydrogens (tertiary/aromatic N) is 1. The molecule has 35 heavy (non-hydrogen) atoms. The second-order valence-corrected chi connectivity index (χ2v) is 10.2. The zero-order valence-corrected chi connectivity index (χ0v) is 21.5. The van der Waals surface area contributed by atoms with E-state index < -0.39 is 5.79 Å². The second-order valence-electron chi connectivity index (χ2n) is 10.2. The van der Waals surface area contributed by atoms with Crippen molar-refractivity contribution in [3.8, 4) is 23.8 Å². The lowest BCUT2D eigenvalue weighted by atomic mass is 9.81. The molecule has 1 aromatic carbocycles. The zero-order chi connectivity index (χ0) is 25.5. The molecule has 1 fully saturated rings. The number of fused-ring (bicyclic) bond motifs is 1. The highest BCUT2D eigenvalue weighted by Crippen LogP contribution is 2.50. The molecule has 1 amide bonds. The van der Waals surface area contributed by atoms with Crippen molar-refractivity contribution in [1.29, 1.82) is 0 Å². The van der Waals surface area contributed by atoms with Crippen LogP contribution < -0.4 is 20.3 Å². The smallest absolute Gasteiger partial charge is 0.253 e. The van der Waals surface area contributed by atoms with E-state index in [1.807, 2.05) is 33.8 Å². The number of carbonyl (C=O) groups excluding carboxylic acids is 1. The summed E-state index contributed by atoms with van der Waals surface area (Å²) in [6.07, 6.45) is 9.97. The number of pyridine rings is 1. The molecule has 2 N–H and O–H groups in total. The molecule has 2 aliphatic rings. The van der Waals surface area contributed by atoms with Gasteiger partial charge in [-0.15, -0.1) is 6.42 Å². The number of terminal acetylenes is 1. The maximum atomic E-state index is 13.2. The number of amides is 1. The van der Waals surface area contributed by atoms with Crippen LogP contribution in [0.25, 0.3) is 0 Å². The van der Waals surface area contributed by atoms with E-state index in [9.17, 15) is 9.59 Å². The van der Waals surface area contributed by atoms with Crippen molar-refractivity contribution in [2.45, 2.75) is 71.8 Å². The monoisotopic (exact) mass is 477 g/mol. The molecule has 1 saturated carbocycles. The summed E-state index contributed by atoms with van der Waals surface area (Å²) in [5.74, 6) is 2.82. The van der Waals surface area contributed by atoms with Crippen LogP contribution in [-0.2, 0) is 6.54 Å². The van der Waals surface area contributed by atoms with Crippen molar-refractivity contribution in [1.82, 2.24) is 15.2 Å². The Morgan fingerprint density at radius 3 is 2.43 bits per heavy atom. The molecule has 1 unspecified atom stereocenters. The Morgan fingerprint density at radius 2 is 1.83 bits per heavy atom. The maximum absolute atomic E-state index is 13.2. The molecule has 1 atom stereocenters. The van der Waals surface area contributed by atoms with Crippen LogP contribution in [0.5, 0.6) is 11.5 Å². The minimum Gasteiger partial charge on any atom is -0.448 e. The summed E-state index contributed by atoms with van der Waals surface area (Å²) in [6, 6.07) is 4.13. The maximum Gasteiger partial charge on any atom is 0.253 e. The van der Waals surface area contributed by atoms with E-state index in [1.165, 1.54) is 0 Å². The molecule has 2 heterocycles. The Hall–Kier alpha value is -3.24. The minimum atomic E-state index is -0.822. The van der Waals surface area contributed by atoms with Gasteiger partial charge in [-0.3, -0.25) is 9.59 Å². The summed E-state index contributed by atoms with van der Waals surface area (Å²) in [5.41, 5.74) is 3.53. The molecular weight excluding hydrogens is 442 g/mol. The van der Waals surface area contributed by atoms with E-state index in [1.54, 1.807) is 6.07 Å². The van der Waals surface area contributed by atoms with Gasteiger partial charge in [0, 0.05) is 47.8 Å². The number of benzene rings is 1. The first-order valence-corrected chi connectivity index (χ1v) is 12.2. The molecule has 0 radical (unpaired) electrons. The highest BCUT2D eigenvalue weighted by Gasteiger charge is 2.47. The summed E-state index contributed by atoms with van der Waals surface area (Å²) < 4.78 is 12.8. The van der Waals surface area contributed by atoms with Gasteiger partial charge in [-0.05, 0) is 78.2 Å². The fourth-order valence-corrected chi connectivity index (χ4v) is 5.37.